The van der Waals surface area contributed by atoms with Gasteiger partial charge in [-0.15, -0.1) is 0 Å². The number of nitrogens with zero attached hydrogens (tertiary/aromatic N) is 4. The third-order valence-electron chi connectivity index (χ3n) is 5.82. The van der Waals surface area contributed by atoms with Gasteiger partial charge in [-0.25, -0.2) is 9.97 Å². The van der Waals surface area contributed by atoms with Crippen LogP contribution in [0.25, 0.3) is 11.4 Å². The SMILES string of the molecule is CCCC[N+](CCCC)(CCCC)CCCC.O=C([O-])CSc1nccc(-c2ccccn2)n1. The van der Waals surface area contributed by atoms with E-state index in [1.165, 1.54) is 82.0 Å². The Balaban J connectivity index is 0.000000340. The van der Waals surface area contributed by atoms with Crippen molar-refractivity contribution in [2.24, 2.45) is 0 Å². The maximum Gasteiger partial charge on any atom is 0.188 e. The van der Waals surface area contributed by atoms with Crippen LogP contribution in [-0.2, 0) is 4.79 Å². The molecule has 2 rings (SSSR count). The Bertz CT molecular complexity index is 752. The number of carbonyl (C=O) groups excluding carboxylic acids is 1. The molecule has 6 nitrogen and oxygen atoms in total. The number of quaternary nitrogens is 1. The molecule has 0 saturated heterocycles. The molecule has 0 radical (unpaired) electrons. The predicted molar refractivity (Wildman–Crippen MR) is 140 cm³/mol. The van der Waals surface area contributed by atoms with Crippen LogP contribution < -0.4 is 5.11 Å². The molecule has 0 spiro atoms. The number of aliphatic carboxylic acids is 1. The second-order valence-corrected chi connectivity index (χ2v) is 9.69. The summed E-state index contributed by atoms with van der Waals surface area (Å²) in [6, 6.07) is 7.23. The van der Waals surface area contributed by atoms with E-state index in [-0.39, 0.29) is 5.75 Å². The van der Waals surface area contributed by atoms with Gasteiger partial charge in [-0.05, 0) is 43.9 Å². The number of unbranched alkanes of at least 4 members (excludes halogenated alkanes) is 4. The molecule has 2 aromatic heterocycles. The van der Waals surface area contributed by atoms with E-state index in [9.17, 15) is 9.90 Å². The Kier molecular flexibility index (Phi) is 16.2. The van der Waals surface area contributed by atoms with Crippen molar-refractivity contribution in [3.63, 3.8) is 0 Å². The molecule has 0 aliphatic carbocycles. The standard InChI is InChI=1S/C16H36N.C11H9N3O2S/c1-5-9-13-17(14-10-6-2,15-11-7-3)16-12-8-4;15-10(16)7-17-11-13-6-4-9(14-11)8-3-1-2-5-12-8/h5-16H2,1-4H3;1-6H,7H2,(H,15,16)/q+1;/p-1. The average molecular weight is 489 g/mol. The van der Waals surface area contributed by atoms with Crippen molar-refractivity contribution in [2.45, 2.75) is 84.2 Å². The fraction of sp³-hybridized carbons (Fsp3) is 0.630. The maximum absolute atomic E-state index is 10.3. The van der Waals surface area contributed by atoms with Crippen LogP contribution in [0.4, 0.5) is 0 Å². The third-order valence-corrected chi connectivity index (χ3v) is 6.66. The van der Waals surface area contributed by atoms with Crippen LogP contribution >= 0.6 is 11.8 Å². The lowest BCUT2D eigenvalue weighted by molar-refractivity contribution is -0.929. The molecule has 0 bridgehead atoms. The monoisotopic (exact) mass is 488 g/mol. The molecule has 0 saturated carbocycles. The van der Waals surface area contributed by atoms with Crippen LogP contribution in [0.1, 0.15) is 79.1 Å². The molecule has 0 aliphatic heterocycles. The first-order valence-corrected chi connectivity index (χ1v) is 13.9. The highest BCUT2D eigenvalue weighted by Crippen LogP contribution is 2.18. The summed E-state index contributed by atoms with van der Waals surface area (Å²) in [5, 5.41) is 10.7. The molecule has 0 aliphatic rings. The Morgan fingerprint density at radius 1 is 0.794 bits per heavy atom. The number of carboxylic acids is 1. The molecule has 0 aromatic carbocycles. The van der Waals surface area contributed by atoms with Crippen molar-refractivity contribution < 1.29 is 14.4 Å². The Labute approximate surface area is 211 Å². The summed E-state index contributed by atoms with van der Waals surface area (Å²) < 4.78 is 1.42. The largest absolute Gasteiger partial charge is 0.549 e. The number of carbonyl (C=O) groups is 1. The van der Waals surface area contributed by atoms with Crippen LogP contribution in [0.15, 0.2) is 41.8 Å². The number of carboxylic acid groups (broad SMARTS) is 1. The predicted octanol–water partition coefficient (Wildman–Crippen LogP) is 5.38. The van der Waals surface area contributed by atoms with E-state index in [2.05, 4.69) is 42.6 Å². The van der Waals surface area contributed by atoms with Crippen LogP contribution in [0.5, 0.6) is 0 Å². The normalized spacial score (nSPS) is 11.1. The van der Waals surface area contributed by atoms with Gasteiger partial charge < -0.3 is 14.4 Å². The van der Waals surface area contributed by atoms with Crippen molar-refractivity contribution in [3.8, 4) is 11.4 Å². The number of aromatic nitrogens is 3. The molecule has 2 heterocycles. The average Bonchev–Trinajstić information content (AvgIpc) is 2.87. The van der Waals surface area contributed by atoms with Gasteiger partial charge in [-0.1, -0.05) is 71.2 Å². The zero-order valence-electron chi connectivity index (χ0n) is 21.7. The molecular formula is C27H44N4O2S. The molecule has 0 N–H and O–H groups in total. The van der Waals surface area contributed by atoms with E-state index >= 15 is 0 Å². The molecule has 0 atom stereocenters. The van der Waals surface area contributed by atoms with Gasteiger partial charge in [0, 0.05) is 18.1 Å². The molecule has 0 amide bonds. The van der Waals surface area contributed by atoms with Gasteiger partial charge >= 0.3 is 0 Å². The third kappa shape index (κ3) is 12.5. The second kappa shape index (κ2) is 18.4. The van der Waals surface area contributed by atoms with Crippen LogP contribution in [0.2, 0.25) is 0 Å². The number of rotatable bonds is 16. The summed E-state index contributed by atoms with van der Waals surface area (Å²) in [4.78, 5) is 22.7. The summed E-state index contributed by atoms with van der Waals surface area (Å²) in [5.74, 6) is -1.30. The minimum atomic E-state index is -1.14. The first kappa shape index (κ1) is 30.0. The van der Waals surface area contributed by atoms with Crippen LogP contribution in [0.3, 0.4) is 0 Å². The number of hydrogen-bond donors (Lipinski definition) is 0. The van der Waals surface area contributed by atoms with E-state index < -0.39 is 5.97 Å². The Morgan fingerprint density at radius 2 is 1.35 bits per heavy atom. The fourth-order valence-electron chi connectivity index (χ4n) is 3.84. The molecule has 0 fully saturated rings. The van der Waals surface area contributed by atoms with E-state index in [1.807, 2.05) is 18.2 Å². The number of thioether (sulfide) groups is 1. The van der Waals surface area contributed by atoms with Crippen LogP contribution in [0, 0.1) is 0 Å². The van der Waals surface area contributed by atoms with Gasteiger partial charge in [-0.2, -0.15) is 0 Å². The van der Waals surface area contributed by atoms with E-state index in [4.69, 9.17) is 0 Å². The van der Waals surface area contributed by atoms with E-state index in [1.54, 1.807) is 18.5 Å². The topological polar surface area (TPSA) is 78.8 Å². The van der Waals surface area contributed by atoms with Crippen molar-refractivity contribution in [1.82, 2.24) is 15.0 Å². The molecular weight excluding hydrogens is 444 g/mol. The molecule has 34 heavy (non-hydrogen) atoms. The molecule has 2 aromatic rings. The quantitative estimate of drug-likeness (QED) is 0.179. The minimum absolute atomic E-state index is 0.161. The maximum atomic E-state index is 10.3. The van der Waals surface area contributed by atoms with Gasteiger partial charge in [0.15, 0.2) is 5.16 Å². The van der Waals surface area contributed by atoms with Crippen molar-refractivity contribution in [2.75, 3.05) is 31.9 Å². The highest BCUT2D eigenvalue weighted by molar-refractivity contribution is 7.99. The molecule has 190 valence electrons. The number of pyridine rings is 1. The summed E-state index contributed by atoms with van der Waals surface area (Å²) >= 11 is 1.03. The number of hydrogen-bond acceptors (Lipinski definition) is 6. The van der Waals surface area contributed by atoms with Gasteiger partial charge in [0.25, 0.3) is 0 Å². The van der Waals surface area contributed by atoms with Gasteiger partial charge in [0.1, 0.15) is 0 Å². The summed E-state index contributed by atoms with van der Waals surface area (Å²) in [6.07, 6.45) is 14.3. The summed E-state index contributed by atoms with van der Waals surface area (Å²) in [7, 11) is 0. The smallest absolute Gasteiger partial charge is 0.188 e. The van der Waals surface area contributed by atoms with Gasteiger partial charge in [-0.3, -0.25) is 4.98 Å². The first-order chi connectivity index (χ1) is 16.5. The van der Waals surface area contributed by atoms with Crippen LogP contribution in [-0.4, -0.2) is 57.3 Å². The zero-order chi connectivity index (χ0) is 25.1. The van der Waals surface area contributed by atoms with E-state index in [0.717, 1.165) is 17.5 Å². The zero-order valence-corrected chi connectivity index (χ0v) is 22.5. The highest BCUT2D eigenvalue weighted by Gasteiger charge is 2.24. The summed E-state index contributed by atoms with van der Waals surface area (Å²) in [6.45, 7) is 15.0. The van der Waals surface area contributed by atoms with Gasteiger partial charge in [0.05, 0.1) is 43.5 Å². The van der Waals surface area contributed by atoms with Crippen molar-refractivity contribution >= 4 is 17.7 Å². The second-order valence-electron chi connectivity index (χ2n) is 8.75. The lowest BCUT2D eigenvalue weighted by atomic mass is 10.1. The van der Waals surface area contributed by atoms with E-state index in [0.29, 0.717) is 10.9 Å². The van der Waals surface area contributed by atoms with Gasteiger partial charge in [0.2, 0.25) is 0 Å². The molecule has 0 unspecified atom stereocenters. The lowest BCUT2D eigenvalue weighted by Gasteiger charge is -2.39. The highest BCUT2D eigenvalue weighted by atomic mass is 32.2. The Morgan fingerprint density at radius 3 is 1.79 bits per heavy atom. The summed E-state index contributed by atoms with van der Waals surface area (Å²) in [5.41, 5.74) is 1.40. The van der Waals surface area contributed by atoms with Crippen molar-refractivity contribution in [1.29, 1.82) is 0 Å². The van der Waals surface area contributed by atoms with Crippen molar-refractivity contribution in [3.05, 3.63) is 36.7 Å². The Hall–Kier alpha value is -1.99. The minimum Gasteiger partial charge on any atom is -0.549 e. The fourth-order valence-corrected chi connectivity index (χ4v) is 4.38. The molecule has 7 heteroatoms. The lowest BCUT2D eigenvalue weighted by Crippen LogP contribution is -2.50. The first-order valence-electron chi connectivity index (χ1n) is 12.9.